The van der Waals surface area contributed by atoms with Gasteiger partial charge < -0.3 is 0 Å². The van der Waals surface area contributed by atoms with Crippen molar-refractivity contribution >= 4 is 70.1 Å². The van der Waals surface area contributed by atoms with Crippen molar-refractivity contribution in [2.24, 2.45) is 0 Å². The Morgan fingerprint density at radius 1 is 0.667 bits per heavy atom. The number of hydrogen-bond donors (Lipinski definition) is 0. The Morgan fingerprint density at radius 2 is 0.917 bits per heavy atom. The van der Waals surface area contributed by atoms with E-state index in [4.69, 9.17) is 34.8 Å². The molecule has 0 saturated carbocycles. The second-order valence-electron chi connectivity index (χ2n) is 2.16. The summed E-state index contributed by atoms with van der Waals surface area (Å²) in [4.78, 5) is 0. The average Bonchev–Trinajstić information content (AvgIpc) is 2.16. The van der Waals surface area contributed by atoms with E-state index in [1.165, 1.54) is 0 Å². The van der Waals surface area contributed by atoms with Crippen LogP contribution in [-0.2, 0) is 0 Å². The number of alkyl halides is 3. The smallest absolute Gasteiger partial charge is 0.0660 e. The second-order valence-corrected chi connectivity index (χ2v) is 8.21. The minimum Gasteiger partial charge on any atom is -0.131 e. The molecule has 0 aliphatic carbocycles. The lowest BCUT2D eigenvalue weighted by Gasteiger charge is -2.30. The van der Waals surface area contributed by atoms with Crippen LogP contribution in [0.1, 0.15) is 0 Å². The number of thioether (sulfide) groups is 3. The predicted molar refractivity (Wildman–Crippen MR) is 66.3 cm³/mol. The fourth-order valence-electron chi connectivity index (χ4n) is 0.822. The Bertz CT molecular complexity index is 105. The first-order valence-corrected chi connectivity index (χ1v) is 7.87. The Kier molecular flexibility index (Phi) is 6.41. The van der Waals surface area contributed by atoms with Crippen LogP contribution in [0.4, 0.5) is 0 Å². The van der Waals surface area contributed by atoms with Gasteiger partial charge in [-0.15, -0.1) is 70.1 Å². The first-order chi connectivity index (χ1) is 5.80. The zero-order chi connectivity index (χ0) is 8.97. The summed E-state index contributed by atoms with van der Waals surface area (Å²) in [5, 5.41) is 0. The van der Waals surface area contributed by atoms with E-state index in [0.717, 1.165) is 0 Å². The van der Waals surface area contributed by atoms with Crippen LogP contribution in [0.15, 0.2) is 0 Å². The molecule has 1 fully saturated rings. The summed E-state index contributed by atoms with van der Waals surface area (Å²) in [6.45, 7) is 0. The van der Waals surface area contributed by atoms with Gasteiger partial charge in [0.2, 0.25) is 0 Å². The zero-order valence-electron chi connectivity index (χ0n) is 6.21. The van der Waals surface area contributed by atoms with Crippen LogP contribution in [0.5, 0.6) is 0 Å². The Morgan fingerprint density at radius 3 is 1.08 bits per heavy atom. The van der Waals surface area contributed by atoms with E-state index in [9.17, 15) is 0 Å². The van der Waals surface area contributed by atoms with Gasteiger partial charge in [0.05, 0.1) is 13.7 Å². The highest BCUT2D eigenvalue weighted by Gasteiger charge is 2.28. The SMILES string of the molecule is ClCC1SC(CCl)SC(CCl)S1. The summed E-state index contributed by atoms with van der Waals surface area (Å²) in [5.41, 5.74) is 0. The van der Waals surface area contributed by atoms with E-state index in [1.807, 2.05) is 35.3 Å². The second kappa shape index (κ2) is 6.41. The van der Waals surface area contributed by atoms with Gasteiger partial charge in [-0.3, -0.25) is 0 Å². The topological polar surface area (TPSA) is 0 Å². The highest BCUT2D eigenvalue weighted by Crippen LogP contribution is 2.47. The normalized spacial score (nSPS) is 36.8. The standard InChI is InChI=1S/C6H9Cl3S3/c7-1-4-10-5(2-8)12-6(3-9)11-4/h4-6H,1-3H2. The fourth-order valence-corrected chi connectivity index (χ4v) is 7.40. The van der Waals surface area contributed by atoms with E-state index in [0.29, 0.717) is 31.4 Å². The Hall–Kier alpha value is 1.92. The highest BCUT2D eigenvalue weighted by molar-refractivity contribution is 8.33. The van der Waals surface area contributed by atoms with Crippen LogP contribution in [-0.4, -0.2) is 31.4 Å². The van der Waals surface area contributed by atoms with Crippen LogP contribution in [0.25, 0.3) is 0 Å². The Balaban J connectivity index is 2.41. The number of hydrogen-bond acceptors (Lipinski definition) is 3. The van der Waals surface area contributed by atoms with Crippen LogP contribution in [0, 0.1) is 0 Å². The van der Waals surface area contributed by atoms with E-state index in [1.54, 1.807) is 0 Å². The summed E-state index contributed by atoms with van der Waals surface area (Å²) in [6, 6.07) is 0. The van der Waals surface area contributed by atoms with Crippen molar-refractivity contribution < 1.29 is 0 Å². The van der Waals surface area contributed by atoms with Crippen molar-refractivity contribution in [1.82, 2.24) is 0 Å². The quantitative estimate of drug-likeness (QED) is 0.721. The summed E-state index contributed by atoms with van der Waals surface area (Å²) < 4.78 is 1.38. The highest BCUT2D eigenvalue weighted by atomic mass is 35.5. The van der Waals surface area contributed by atoms with Gasteiger partial charge in [-0.1, -0.05) is 0 Å². The third kappa shape index (κ3) is 3.58. The third-order valence-electron chi connectivity index (χ3n) is 1.29. The molecule has 1 saturated heterocycles. The molecule has 0 radical (unpaired) electrons. The minimum absolute atomic E-state index is 0.459. The molecule has 0 bridgehead atoms. The van der Waals surface area contributed by atoms with Crippen molar-refractivity contribution in [3.05, 3.63) is 0 Å². The lowest BCUT2D eigenvalue weighted by Crippen LogP contribution is -2.21. The van der Waals surface area contributed by atoms with Crippen molar-refractivity contribution in [2.45, 2.75) is 13.7 Å². The molecule has 1 rings (SSSR count). The molecule has 0 unspecified atom stereocenters. The molecule has 12 heavy (non-hydrogen) atoms. The number of halogens is 3. The maximum Gasteiger partial charge on any atom is 0.0660 e. The molecular weight excluding hydrogens is 275 g/mol. The molecule has 6 heteroatoms. The zero-order valence-corrected chi connectivity index (χ0v) is 10.9. The fraction of sp³-hybridized carbons (Fsp3) is 1.00. The molecule has 1 aliphatic heterocycles. The van der Waals surface area contributed by atoms with Crippen molar-refractivity contribution in [3.8, 4) is 0 Å². The van der Waals surface area contributed by atoms with Gasteiger partial charge >= 0.3 is 0 Å². The minimum atomic E-state index is 0.459. The molecule has 0 aromatic rings. The molecular formula is C6H9Cl3S3. The molecule has 0 N–H and O–H groups in total. The summed E-state index contributed by atoms with van der Waals surface area (Å²) in [7, 11) is 0. The maximum atomic E-state index is 5.79. The van der Waals surface area contributed by atoms with Crippen molar-refractivity contribution in [3.63, 3.8) is 0 Å². The van der Waals surface area contributed by atoms with Gasteiger partial charge in [0.25, 0.3) is 0 Å². The number of rotatable bonds is 3. The van der Waals surface area contributed by atoms with Crippen LogP contribution < -0.4 is 0 Å². The molecule has 0 nitrogen and oxygen atoms in total. The molecule has 1 heterocycles. The van der Waals surface area contributed by atoms with Gasteiger partial charge in [0.15, 0.2) is 0 Å². The van der Waals surface area contributed by atoms with Gasteiger partial charge in [0, 0.05) is 17.6 Å². The third-order valence-corrected chi connectivity index (χ3v) is 8.13. The first kappa shape index (κ1) is 12.0. The van der Waals surface area contributed by atoms with Crippen molar-refractivity contribution in [2.75, 3.05) is 17.6 Å². The average molecular weight is 284 g/mol. The van der Waals surface area contributed by atoms with Crippen LogP contribution >= 0.6 is 70.1 Å². The van der Waals surface area contributed by atoms with Gasteiger partial charge in [-0.05, 0) is 0 Å². The molecule has 0 spiro atoms. The van der Waals surface area contributed by atoms with Crippen LogP contribution in [0.3, 0.4) is 0 Å². The predicted octanol–water partition coefficient (Wildman–Crippen LogP) is 3.89. The summed E-state index contributed by atoms with van der Waals surface area (Å²) in [6.07, 6.45) is 0. The van der Waals surface area contributed by atoms with E-state index < -0.39 is 0 Å². The Labute approximate surface area is 101 Å². The van der Waals surface area contributed by atoms with Crippen molar-refractivity contribution in [1.29, 1.82) is 0 Å². The maximum absolute atomic E-state index is 5.79. The monoisotopic (exact) mass is 282 g/mol. The summed E-state index contributed by atoms with van der Waals surface area (Å²) >= 11 is 22.9. The molecule has 0 amide bonds. The molecule has 0 aromatic carbocycles. The van der Waals surface area contributed by atoms with E-state index in [2.05, 4.69) is 0 Å². The van der Waals surface area contributed by atoms with Gasteiger partial charge in [-0.25, -0.2) is 0 Å². The molecule has 0 aromatic heterocycles. The van der Waals surface area contributed by atoms with E-state index in [-0.39, 0.29) is 0 Å². The lowest BCUT2D eigenvalue weighted by atomic mass is 10.9. The first-order valence-electron chi connectivity index (χ1n) is 3.44. The lowest BCUT2D eigenvalue weighted by molar-refractivity contribution is 1.29. The molecule has 0 atom stereocenters. The summed E-state index contributed by atoms with van der Waals surface area (Å²) in [5.74, 6) is 2.03. The molecule has 1 aliphatic rings. The van der Waals surface area contributed by atoms with Gasteiger partial charge in [0.1, 0.15) is 0 Å². The molecule has 72 valence electrons. The van der Waals surface area contributed by atoms with E-state index >= 15 is 0 Å². The van der Waals surface area contributed by atoms with Crippen LogP contribution in [0.2, 0.25) is 0 Å². The largest absolute Gasteiger partial charge is 0.131 e. The van der Waals surface area contributed by atoms with Gasteiger partial charge in [-0.2, -0.15) is 0 Å².